The first-order valence-corrected chi connectivity index (χ1v) is 8.84. The predicted octanol–water partition coefficient (Wildman–Crippen LogP) is 2.35. The van der Waals surface area contributed by atoms with Crippen LogP contribution in [0.3, 0.4) is 0 Å². The molecule has 1 aliphatic carbocycles. The lowest BCUT2D eigenvalue weighted by Crippen LogP contribution is -2.43. The van der Waals surface area contributed by atoms with Crippen molar-refractivity contribution in [2.24, 2.45) is 11.8 Å². The van der Waals surface area contributed by atoms with Crippen molar-refractivity contribution in [3.05, 3.63) is 29.0 Å². The number of hydrogen-bond acceptors (Lipinski definition) is 3. The number of carbonyl (C=O) groups is 1. The summed E-state index contributed by atoms with van der Waals surface area (Å²) >= 11 is 5.85. The molecule has 0 bridgehead atoms. The Kier molecular flexibility index (Phi) is 3.91. The van der Waals surface area contributed by atoms with Crippen LogP contribution in [0.5, 0.6) is 0 Å². The van der Waals surface area contributed by atoms with Crippen molar-refractivity contribution in [2.75, 3.05) is 6.54 Å². The molecule has 0 radical (unpaired) electrons. The zero-order valence-corrected chi connectivity index (χ0v) is 13.1. The van der Waals surface area contributed by atoms with Crippen molar-refractivity contribution < 1.29 is 22.7 Å². The zero-order chi connectivity index (χ0) is 16.1. The van der Waals surface area contributed by atoms with Gasteiger partial charge < -0.3 is 5.11 Å². The summed E-state index contributed by atoms with van der Waals surface area (Å²) in [5.41, 5.74) is 0. The van der Waals surface area contributed by atoms with Crippen LogP contribution in [0.4, 0.5) is 4.39 Å². The van der Waals surface area contributed by atoms with E-state index >= 15 is 0 Å². The molecule has 5 nitrogen and oxygen atoms in total. The van der Waals surface area contributed by atoms with E-state index in [2.05, 4.69) is 0 Å². The minimum absolute atomic E-state index is 0.0649. The molecule has 120 valence electrons. The number of carboxylic acid groups (broad SMARTS) is 1. The molecule has 0 amide bonds. The Morgan fingerprint density at radius 3 is 2.73 bits per heavy atom. The minimum Gasteiger partial charge on any atom is -0.480 e. The summed E-state index contributed by atoms with van der Waals surface area (Å²) in [6, 6.07) is 1.94. The van der Waals surface area contributed by atoms with Gasteiger partial charge in [0.1, 0.15) is 16.8 Å². The molecular weight excluding hydrogens is 333 g/mol. The molecule has 0 spiro atoms. The van der Waals surface area contributed by atoms with Gasteiger partial charge in [-0.05, 0) is 42.9 Å². The second-order valence-electron chi connectivity index (χ2n) is 5.79. The van der Waals surface area contributed by atoms with E-state index in [9.17, 15) is 22.7 Å². The minimum atomic E-state index is -4.07. The van der Waals surface area contributed by atoms with Gasteiger partial charge in [0.25, 0.3) is 0 Å². The van der Waals surface area contributed by atoms with Crippen LogP contribution in [0.25, 0.3) is 0 Å². The van der Waals surface area contributed by atoms with Gasteiger partial charge in [-0.1, -0.05) is 18.0 Å². The van der Waals surface area contributed by atoms with E-state index in [1.54, 1.807) is 0 Å². The van der Waals surface area contributed by atoms with Crippen LogP contribution in [0.1, 0.15) is 19.3 Å². The van der Waals surface area contributed by atoms with E-state index in [1.807, 2.05) is 0 Å². The Balaban J connectivity index is 2.03. The fourth-order valence-electron chi connectivity index (χ4n) is 3.63. The largest absolute Gasteiger partial charge is 0.480 e. The van der Waals surface area contributed by atoms with Crippen molar-refractivity contribution in [1.82, 2.24) is 4.31 Å². The lowest BCUT2D eigenvalue weighted by atomic mass is 9.94. The van der Waals surface area contributed by atoms with E-state index in [-0.39, 0.29) is 28.3 Å². The van der Waals surface area contributed by atoms with E-state index in [0.717, 1.165) is 35.3 Å². The molecule has 3 atom stereocenters. The number of carboxylic acids is 1. The van der Waals surface area contributed by atoms with Crippen LogP contribution in [0, 0.1) is 17.7 Å². The summed E-state index contributed by atoms with van der Waals surface area (Å²) in [4.78, 5) is 11.3. The van der Waals surface area contributed by atoms with Crippen LogP contribution in [-0.4, -0.2) is 36.4 Å². The van der Waals surface area contributed by atoms with Crippen molar-refractivity contribution in [3.8, 4) is 0 Å². The van der Waals surface area contributed by atoms with Crippen molar-refractivity contribution in [2.45, 2.75) is 30.2 Å². The maximum atomic E-state index is 13.1. The fraction of sp³-hybridized carbons (Fsp3) is 0.500. The number of nitrogens with zero attached hydrogens (tertiary/aromatic N) is 1. The van der Waals surface area contributed by atoms with Crippen LogP contribution in [0.2, 0.25) is 5.02 Å². The SMILES string of the molecule is O=C(O)C1C2CCCC2CN1S(=O)(=O)c1ccc(F)cc1Cl. The summed E-state index contributed by atoms with van der Waals surface area (Å²) in [6.07, 6.45) is 2.47. The van der Waals surface area contributed by atoms with Gasteiger partial charge in [0.15, 0.2) is 0 Å². The first-order valence-electron chi connectivity index (χ1n) is 7.02. The number of aliphatic carboxylic acids is 1. The molecule has 2 aliphatic rings. The molecule has 1 heterocycles. The summed E-state index contributed by atoms with van der Waals surface area (Å²) < 4.78 is 39.7. The third-order valence-electron chi connectivity index (χ3n) is 4.58. The van der Waals surface area contributed by atoms with Gasteiger partial charge >= 0.3 is 5.97 Å². The van der Waals surface area contributed by atoms with Crippen molar-refractivity contribution in [1.29, 1.82) is 0 Å². The molecule has 2 fully saturated rings. The van der Waals surface area contributed by atoms with Gasteiger partial charge in [-0.15, -0.1) is 0 Å². The highest BCUT2D eigenvalue weighted by Crippen LogP contribution is 2.44. The standard InChI is InChI=1S/C14H15ClFNO4S/c15-11-6-9(16)4-5-12(11)22(20,21)17-7-8-2-1-3-10(8)13(17)14(18)19/h4-6,8,10,13H,1-3,7H2,(H,18,19). The Morgan fingerprint density at radius 2 is 2.09 bits per heavy atom. The molecule has 3 unspecified atom stereocenters. The number of benzene rings is 1. The third-order valence-corrected chi connectivity index (χ3v) is 6.91. The molecule has 1 saturated heterocycles. The average Bonchev–Trinajstić information content (AvgIpc) is 2.97. The normalized spacial score (nSPS) is 28.7. The lowest BCUT2D eigenvalue weighted by Gasteiger charge is -2.24. The number of fused-ring (bicyclic) bond motifs is 1. The third kappa shape index (κ3) is 2.41. The molecule has 1 aliphatic heterocycles. The summed E-state index contributed by atoms with van der Waals surface area (Å²) in [5.74, 6) is -1.88. The van der Waals surface area contributed by atoms with Gasteiger partial charge in [-0.3, -0.25) is 4.79 Å². The van der Waals surface area contributed by atoms with Crippen molar-refractivity contribution in [3.63, 3.8) is 0 Å². The summed E-state index contributed by atoms with van der Waals surface area (Å²) in [5, 5.41) is 9.22. The highest BCUT2D eigenvalue weighted by Gasteiger charge is 2.52. The first kappa shape index (κ1) is 15.7. The topological polar surface area (TPSA) is 74.7 Å². The Bertz CT molecular complexity index is 724. The fourth-order valence-corrected chi connectivity index (χ4v) is 5.82. The van der Waals surface area contributed by atoms with Gasteiger partial charge in [-0.25, -0.2) is 12.8 Å². The maximum Gasteiger partial charge on any atom is 0.322 e. The van der Waals surface area contributed by atoms with Crippen LogP contribution < -0.4 is 0 Å². The molecule has 3 rings (SSSR count). The Hall–Kier alpha value is -1.18. The van der Waals surface area contributed by atoms with Gasteiger partial charge in [0, 0.05) is 6.54 Å². The van der Waals surface area contributed by atoms with E-state index in [0.29, 0.717) is 6.42 Å². The number of halogens is 2. The maximum absolute atomic E-state index is 13.1. The molecule has 1 saturated carbocycles. The highest BCUT2D eigenvalue weighted by atomic mass is 35.5. The monoisotopic (exact) mass is 347 g/mol. The molecule has 1 N–H and O–H groups in total. The smallest absolute Gasteiger partial charge is 0.322 e. The highest BCUT2D eigenvalue weighted by molar-refractivity contribution is 7.89. The number of hydrogen-bond donors (Lipinski definition) is 1. The van der Waals surface area contributed by atoms with Crippen LogP contribution >= 0.6 is 11.6 Å². The zero-order valence-electron chi connectivity index (χ0n) is 11.6. The molecule has 0 aromatic heterocycles. The second kappa shape index (κ2) is 5.47. The quantitative estimate of drug-likeness (QED) is 0.910. The Labute approximate surface area is 132 Å². The Morgan fingerprint density at radius 1 is 1.36 bits per heavy atom. The molecule has 8 heteroatoms. The molecule has 1 aromatic carbocycles. The summed E-state index contributed by atoms with van der Waals surface area (Å²) in [7, 11) is -4.07. The van der Waals surface area contributed by atoms with Gasteiger partial charge in [0.05, 0.1) is 5.02 Å². The van der Waals surface area contributed by atoms with Crippen molar-refractivity contribution >= 4 is 27.6 Å². The number of rotatable bonds is 3. The van der Waals surface area contributed by atoms with E-state index < -0.39 is 27.9 Å². The molecule has 1 aromatic rings. The second-order valence-corrected chi connectivity index (χ2v) is 8.05. The molecular formula is C14H15ClFNO4S. The van der Waals surface area contributed by atoms with Gasteiger partial charge in [-0.2, -0.15) is 4.31 Å². The lowest BCUT2D eigenvalue weighted by molar-refractivity contribution is -0.142. The van der Waals surface area contributed by atoms with E-state index in [1.165, 1.54) is 0 Å². The first-order chi connectivity index (χ1) is 10.3. The van der Waals surface area contributed by atoms with E-state index in [4.69, 9.17) is 11.6 Å². The van der Waals surface area contributed by atoms with Crippen LogP contribution in [0.15, 0.2) is 23.1 Å². The van der Waals surface area contributed by atoms with Gasteiger partial charge in [0.2, 0.25) is 10.0 Å². The average molecular weight is 348 g/mol. The summed E-state index contributed by atoms with van der Waals surface area (Å²) in [6.45, 7) is 0.178. The number of sulfonamides is 1. The van der Waals surface area contributed by atoms with Crippen LogP contribution in [-0.2, 0) is 14.8 Å². The predicted molar refractivity (Wildman–Crippen MR) is 77.6 cm³/mol. The molecule has 22 heavy (non-hydrogen) atoms.